The van der Waals surface area contributed by atoms with E-state index in [1.807, 2.05) is 47.0 Å². The van der Waals surface area contributed by atoms with Gasteiger partial charge in [-0.25, -0.2) is 9.78 Å². The standard InChI is InChI=1S/C29H31N5O4/c1-37-29(36)26-25(33-28(35)21-12-15-38-19-21)24-16-23(31-17-22-11-5-6-13-30-22)18-32-27(24)34(26)14-7-10-20-8-3-2-4-9-20/h2-6,8-9,11,13,16,18,21,31H,7,10,12,14-15,17,19H2,1H3,(H,33,35). The first-order valence-electron chi connectivity index (χ1n) is 12.8. The number of pyridine rings is 2. The van der Waals surface area contributed by atoms with Gasteiger partial charge in [0.2, 0.25) is 5.91 Å². The Morgan fingerprint density at radius 3 is 2.71 bits per heavy atom. The lowest BCUT2D eigenvalue weighted by atomic mass is 10.1. The number of nitrogens with zero attached hydrogens (tertiary/aromatic N) is 3. The van der Waals surface area contributed by atoms with Crippen molar-refractivity contribution in [2.75, 3.05) is 31.0 Å². The fraction of sp³-hybridized carbons (Fsp3) is 0.310. The molecule has 1 aliphatic heterocycles. The maximum Gasteiger partial charge on any atom is 0.356 e. The van der Waals surface area contributed by atoms with E-state index in [0.717, 1.165) is 24.2 Å². The second-order valence-electron chi connectivity index (χ2n) is 9.28. The summed E-state index contributed by atoms with van der Waals surface area (Å²) in [5.41, 5.74) is 4.17. The molecule has 0 saturated carbocycles. The van der Waals surface area contributed by atoms with E-state index in [1.165, 1.54) is 12.7 Å². The van der Waals surface area contributed by atoms with Gasteiger partial charge in [-0.1, -0.05) is 36.4 Å². The van der Waals surface area contributed by atoms with Crippen molar-refractivity contribution in [1.82, 2.24) is 14.5 Å². The molecule has 1 aromatic carbocycles. The molecule has 0 aliphatic carbocycles. The molecule has 3 aromatic heterocycles. The highest BCUT2D eigenvalue weighted by Crippen LogP contribution is 2.34. The summed E-state index contributed by atoms with van der Waals surface area (Å²) in [5.74, 6) is -0.970. The van der Waals surface area contributed by atoms with Gasteiger partial charge in [-0.05, 0) is 43.0 Å². The van der Waals surface area contributed by atoms with Crippen LogP contribution in [0.25, 0.3) is 11.0 Å². The number of fused-ring (bicyclic) bond motifs is 1. The predicted molar refractivity (Wildman–Crippen MR) is 145 cm³/mol. The minimum atomic E-state index is -0.524. The zero-order valence-electron chi connectivity index (χ0n) is 21.4. The molecule has 2 N–H and O–H groups in total. The first-order valence-corrected chi connectivity index (χ1v) is 12.8. The van der Waals surface area contributed by atoms with Gasteiger partial charge in [0, 0.05) is 24.7 Å². The van der Waals surface area contributed by atoms with E-state index in [0.29, 0.717) is 49.4 Å². The molecule has 1 saturated heterocycles. The van der Waals surface area contributed by atoms with Gasteiger partial charge in [-0.2, -0.15) is 0 Å². The lowest BCUT2D eigenvalue weighted by molar-refractivity contribution is -0.119. The Bertz CT molecular complexity index is 1400. The first-order chi connectivity index (χ1) is 18.6. The van der Waals surface area contributed by atoms with Gasteiger partial charge < -0.3 is 24.7 Å². The maximum absolute atomic E-state index is 13.1. The van der Waals surface area contributed by atoms with Gasteiger partial charge >= 0.3 is 5.97 Å². The highest BCUT2D eigenvalue weighted by atomic mass is 16.5. The van der Waals surface area contributed by atoms with Crippen LogP contribution in [0.15, 0.2) is 67.0 Å². The van der Waals surface area contributed by atoms with Crippen LogP contribution in [0.5, 0.6) is 0 Å². The smallest absolute Gasteiger partial charge is 0.356 e. The number of hydrogen-bond donors (Lipinski definition) is 2. The van der Waals surface area contributed by atoms with Crippen molar-refractivity contribution in [2.24, 2.45) is 5.92 Å². The molecule has 5 rings (SSSR count). The van der Waals surface area contributed by atoms with Crippen LogP contribution in [-0.4, -0.2) is 46.7 Å². The summed E-state index contributed by atoms with van der Waals surface area (Å²) < 4.78 is 12.4. The van der Waals surface area contributed by atoms with Crippen molar-refractivity contribution in [3.63, 3.8) is 0 Å². The first kappa shape index (κ1) is 25.4. The zero-order valence-corrected chi connectivity index (χ0v) is 21.4. The molecule has 38 heavy (non-hydrogen) atoms. The predicted octanol–water partition coefficient (Wildman–Crippen LogP) is 4.44. The molecule has 0 radical (unpaired) electrons. The van der Waals surface area contributed by atoms with Crippen LogP contribution in [0.2, 0.25) is 0 Å². The SMILES string of the molecule is COC(=O)c1c(NC(=O)C2CCOC2)c2cc(NCc3ccccn3)cnc2n1CCCc1ccccc1. The number of ether oxygens (including phenoxy) is 2. The zero-order chi connectivity index (χ0) is 26.3. The third-order valence-corrected chi connectivity index (χ3v) is 6.72. The van der Waals surface area contributed by atoms with Gasteiger partial charge in [0.1, 0.15) is 5.65 Å². The van der Waals surface area contributed by atoms with Crippen molar-refractivity contribution in [2.45, 2.75) is 32.4 Å². The molecule has 0 bridgehead atoms. The van der Waals surface area contributed by atoms with Crippen molar-refractivity contribution in [3.05, 3.63) is 83.9 Å². The Hall–Kier alpha value is -4.24. The molecule has 0 spiro atoms. The van der Waals surface area contributed by atoms with E-state index in [4.69, 9.17) is 14.5 Å². The normalized spacial score (nSPS) is 14.9. The highest BCUT2D eigenvalue weighted by molar-refractivity contribution is 6.11. The van der Waals surface area contributed by atoms with E-state index < -0.39 is 5.97 Å². The average Bonchev–Trinajstić information content (AvgIpc) is 3.60. The molecule has 1 amide bonds. The topological polar surface area (TPSA) is 107 Å². The number of benzene rings is 1. The van der Waals surface area contributed by atoms with Gasteiger partial charge in [0.05, 0.1) is 49.4 Å². The Balaban J connectivity index is 1.50. The minimum Gasteiger partial charge on any atom is -0.464 e. The number of carbonyl (C=O) groups is 2. The van der Waals surface area contributed by atoms with Crippen molar-refractivity contribution >= 4 is 34.3 Å². The second kappa shape index (κ2) is 11.9. The quantitative estimate of drug-likeness (QED) is 0.302. The van der Waals surface area contributed by atoms with E-state index >= 15 is 0 Å². The summed E-state index contributed by atoms with van der Waals surface area (Å²) in [5, 5.41) is 7.03. The van der Waals surface area contributed by atoms with Gasteiger partial charge in [-0.15, -0.1) is 0 Å². The molecule has 4 aromatic rings. The number of methoxy groups -OCH3 is 1. The summed E-state index contributed by atoms with van der Waals surface area (Å²) in [6.45, 7) is 1.96. The highest BCUT2D eigenvalue weighted by Gasteiger charge is 2.29. The molecule has 1 fully saturated rings. The monoisotopic (exact) mass is 513 g/mol. The minimum absolute atomic E-state index is 0.178. The van der Waals surface area contributed by atoms with E-state index in [-0.39, 0.29) is 17.5 Å². The summed E-state index contributed by atoms with van der Waals surface area (Å²) in [6.07, 6.45) is 5.74. The van der Waals surface area contributed by atoms with E-state index in [2.05, 4.69) is 27.8 Å². The summed E-state index contributed by atoms with van der Waals surface area (Å²) >= 11 is 0. The molecule has 196 valence electrons. The fourth-order valence-corrected chi connectivity index (χ4v) is 4.72. The summed E-state index contributed by atoms with van der Waals surface area (Å²) in [4.78, 5) is 35.3. The van der Waals surface area contributed by atoms with Crippen LogP contribution in [0.1, 0.15) is 34.6 Å². The van der Waals surface area contributed by atoms with E-state index in [1.54, 1.807) is 12.4 Å². The lowest BCUT2D eigenvalue weighted by Crippen LogP contribution is -2.24. The van der Waals surface area contributed by atoms with Crippen LogP contribution in [0.3, 0.4) is 0 Å². The number of aromatic nitrogens is 3. The number of esters is 1. The van der Waals surface area contributed by atoms with Crippen LogP contribution >= 0.6 is 0 Å². The lowest BCUT2D eigenvalue weighted by Gasteiger charge is -2.12. The maximum atomic E-state index is 13.1. The molecular formula is C29H31N5O4. The summed E-state index contributed by atoms with van der Waals surface area (Å²) in [6, 6.07) is 17.8. The molecule has 9 heteroatoms. The molecular weight excluding hydrogens is 482 g/mol. The Kier molecular flexibility index (Phi) is 7.94. The number of hydrogen-bond acceptors (Lipinski definition) is 7. The number of nitrogens with one attached hydrogen (secondary N) is 2. The summed E-state index contributed by atoms with van der Waals surface area (Å²) in [7, 11) is 1.35. The number of amides is 1. The van der Waals surface area contributed by atoms with Crippen LogP contribution in [0, 0.1) is 5.92 Å². The van der Waals surface area contributed by atoms with E-state index in [9.17, 15) is 9.59 Å². The third kappa shape index (κ3) is 5.68. The molecule has 9 nitrogen and oxygen atoms in total. The number of anilines is 2. The molecule has 1 unspecified atom stereocenters. The Labute approximate surface area is 221 Å². The number of carbonyl (C=O) groups excluding carboxylic acids is 2. The van der Waals surface area contributed by atoms with Gasteiger partial charge in [-0.3, -0.25) is 9.78 Å². The fourth-order valence-electron chi connectivity index (χ4n) is 4.72. The van der Waals surface area contributed by atoms with Crippen molar-refractivity contribution in [3.8, 4) is 0 Å². The number of rotatable bonds is 10. The number of aryl methyl sites for hydroxylation is 2. The van der Waals surface area contributed by atoms with Crippen molar-refractivity contribution in [1.29, 1.82) is 0 Å². The Morgan fingerprint density at radius 2 is 1.97 bits per heavy atom. The molecule has 4 heterocycles. The Morgan fingerprint density at radius 1 is 1.13 bits per heavy atom. The largest absolute Gasteiger partial charge is 0.464 e. The molecule has 1 aliphatic rings. The second-order valence-corrected chi connectivity index (χ2v) is 9.28. The van der Waals surface area contributed by atoms with Crippen LogP contribution < -0.4 is 10.6 Å². The van der Waals surface area contributed by atoms with Crippen LogP contribution in [-0.2, 0) is 33.8 Å². The van der Waals surface area contributed by atoms with Crippen molar-refractivity contribution < 1.29 is 19.1 Å². The van der Waals surface area contributed by atoms with Crippen LogP contribution in [0.4, 0.5) is 11.4 Å². The molecule has 1 atom stereocenters. The van der Waals surface area contributed by atoms with Gasteiger partial charge in [0.25, 0.3) is 0 Å². The third-order valence-electron chi connectivity index (χ3n) is 6.72. The van der Waals surface area contributed by atoms with Gasteiger partial charge in [0.15, 0.2) is 5.69 Å². The average molecular weight is 514 g/mol.